The molecule has 2 heteroatoms. The minimum absolute atomic E-state index is 0.380. The summed E-state index contributed by atoms with van der Waals surface area (Å²) in [4.78, 5) is 2.72. The van der Waals surface area contributed by atoms with Crippen LogP contribution in [0.1, 0.15) is 38.2 Å². The van der Waals surface area contributed by atoms with Crippen LogP contribution in [0.3, 0.4) is 0 Å². The Kier molecular flexibility index (Phi) is 3.90. The molecule has 0 aliphatic carbocycles. The van der Waals surface area contributed by atoms with Crippen molar-refractivity contribution in [1.29, 1.82) is 0 Å². The largest absolute Gasteiger partial charge is 0.317 e. The number of hydrogen-bond acceptors (Lipinski definition) is 2. The van der Waals surface area contributed by atoms with E-state index in [1.54, 1.807) is 5.56 Å². The molecule has 0 radical (unpaired) electrons. The number of likely N-dealkylation sites (tertiary alicyclic amines) is 1. The van der Waals surface area contributed by atoms with Crippen molar-refractivity contribution in [1.82, 2.24) is 10.2 Å². The first-order valence-corrected chi connectivity index (χ1v) is 7.80. The predicted molar refractivity (Wildman–Crippen MR) is 80.5 cm³/mol. The monoisotopic (exact) mass is 258 g/mol. The van der Waals surface area contributed by atoms with Gasteiger partial charge < -0.3 is 5.32 Å². The average molecular weight is 258 g/mol. The number of hydrogen-bond donors (Lipinski definition) is 1. The summed E-state index contributed by atoms with van der Waals surface area (Å²) in [5.41, 5.74) is 1.93. The van der Waals surface area contributed by atoms with Crippen LogP contribution in [0, 0.1) is 0 Å². The minimum Gasteiger partial charge on any atom is -0.317 e. The summed E-state index contributed by atoms with van der Waals surface area (Å²) in [6.07, 6.45) is 5.31. The molecule has 2 aliphatic heterocycles. The van der Waals surface area contributed by atoms with Crippen LogP contribution < -0.4 is 5.32 Å². The SMILES string of the molecule is CC1CCCN1CC1(c2ccccc2)CCNCC1. The zero-order chi connectivity index (χ0) is 13.1. The van der Waals surface area contributed by atoms with E-state index in [1.807, 2.05) is 0 Å². The standard InChI is InChI=1S/C17H26N2/c1-15-6-5-13-19(15)14-17(9-11-18-12-10-17)16-7-3-2-4-8-16/h2-4,7-8,15,18H,5-6,9-14H2,1H3. The molecule has 1 unspecified atom stereocenters. The van der Waals surface area contributed by atoms with Crippen molar-refractivity contribution in [2.45, 2.75) is 44.1 Å². The Labute approximate surface area is 117 Å². The number of piperidine rings is 1. The highest BCUT2D eigenvalue weighted by Gasteiger charge is 2.37. The molecular weight excluding hydrogens is 232 g/mol. The van der Waals surface area contributed by atoms with Gasteiger partial charge in [-0.2, -0.15) is 0 Å². The Hall–Kier alpha value is -0.860. The van der Waals surface area contributed by atoms with Crippen molar-refractivity contribution >= 4 is 0 Å². The van der Waals surface area contributed by atoms with Crippen LogP contribution >= 0.6 is 0 Å². The Morgan fingerprint density at radius 1 is 1.21 bits per heavy atom. The number of nitrogens with zero attached hydrogens (tertiary/aromatic N) is 1. The minimum atomic E-state index is 0.380. The maximum atomic E-state index is 3.53. The molecule has 0 amide bonds. The number of nitrogens with one attached hydrogen (secondary N) is 1. The van der Waals surface area contributed by atoms with E-state index < -0.39 is 0 Å². The van der Waals surface area contributed by atoms with Gasteiger partial charge in [0.25, 0.3) is 0 Å². The van der Waals surface area contributed by atoms with Crippen LogP contribution in [0.5, 0.6) is 0 Å². The first kappa shape index (κ1) is 13.1. The Balaban J connectivity index is 1.84. The van der Waals surface area contributed by atoms with E-state index in [4.69, 9.17) is 0 Å². The van der Waals surface area contributed by atoms with Crippen LogP contribution in [0.2, 0.25) is 0 Å². The van der Waals surface area contributed by atoms with E-state index >= 15 is 0 Å². The maximum absolute atomic E-state index is 3.53. The van der Waals surface area contributed by atoms with Crippen LogP contribution in [0.4, 0.5) is 0 Å². The summed E-state index contributed by atoms with van der Waals surface area (Å²) in [5, 5.41) is 3.53. The van der Waals surface area contributed by atoms with Crippen molar-refractivity contribution in [2.24, 2.45) is 0 Å². The normalized spacial score (nSPS) is 27.5. The summed E-state index contributed by atoms with van der Waals surface area (Å²) < 4.78 is 0. The van der Waals surface area contributed by atoms with Gasteiger partial charge in [-0.3, -0.25) is 4.90 Å². The lowest BCUT2D eigenvalue weighted by Gasteiger charge is -2.42. The Morgan fingerprint density at radius 2 is 1.95 bits per heavy atom. The van der Waals surface area contributed by atoms with Crippen LogP contribution in [0.15, 0.2) is 30.3 Å². The summed E-state index contributed by atoms with van der Waals surface area (Å²) in [6, 6.07) is 12.0. The highest BCUT2D eigenvalue weighted by molar-refractivity contribution is 5.27. The van der Waals surface area contributed by atoms with E-state index in [0.717, 1.165) is 19.1 Å². The smallest absolute Gasteiger partial charge is 0.0104 e. The summed E-state index contributed by atoms with van der Waals surface area (Å²) in [6.45, 7) is 7.27. The molecule has 0 saturated carbocycles. The van der Waals surface area contributed by atoms with Gasteiger partial charge in [-0.05, 0) is 57.8 Å². The van der Waals surface area contributed by atoms with Gasteiger partial charge in [0.15, 0.2) is 0 Å². The van der Waals surface area contributed by atoms with Gasteiger partial charge >= 0.3 is 0 Å². The third-order valence-corrected chi connectivity index (χ3v) is 5.14. The summed E-state index contributed by atoms with van der Waals surface area (Å²) in [7, 11) is 0. The molecule has 2 fully saturated rings. The second-order valence-electron chi connectivity index (χ2n) is 6.36. The molecule has 1 N–H and O–H groups in total. The molecule has 2 aliphatic rings. The lowest BCUT2D eigenvalue weighted by Crippen LogP contribution is -2.48. The van der Waals surface area contributed by atoms with Crippen LogP contribution in [0.25, 0.3) is 0 Å². The third kappa shape index (κ3) is 2.70. The van der Waals surface area contributed by atoms with Crippen LogP contribution in [-0.4, -0.2) is 37.1 Å². The molecule has 2 heterocycles. The molecule has 0 aromatic heterocycles. The van der Waals surface area contributed by atoms with Gasteiger partial charge in [0.1, 0.15) is 0 Å². The lowest BCUT2D eigenvalue weighted by molar-refractivity contribution is 0.169. The highest BCUT2D eigenvalue weighted by atomic mass is 15.2. The molecule has 19 heavy (non-hydrogen) atoms. The molecule has 3 rings (SSSR count). The third-order valence-electron chi connectivity index (χ3n) is 5.14. The van der Waals surface area contributed by atoms with E-state index in [-0.39, 0.29) is 0 Å². The molecule has 1 aromatic rings. The van der Waals surface area contributed by atoms with Crippen molar-refractivity contribution < 1.29 is 0 Å². The fourth-order valence-electron chi connectivity index (χ4n) is 3.85. The molecule has 104 valence electrons. The van der Waals surface area contributed by atoms with Gasteiger partial charge in [-0.15, -0.1) is 0 Å². The second-order valence-corrected chi connectivity index (χ2v) is 6.36. The predicted octanol–water partition coefficient (Wildman–Crippen LogP) is 2.79. The van der Waals surface area contributed by atoms with Gasteiger partial charge in [0.2, 0.25) is 0 Å². The quantitative estimate of drug-likeness (QED) is 0.897. The van der Waals surface area contributed by atoms with Crippen LogP contribution in [-0.2, 0) is 5.41 Å². The fourth-order valence-corrected chi connectivity index (χ4v) is 3.85. The van der Waals surface area contributed by atoms with Crippen molar-refractivity contribution in [3.63, 3.8) is 0 Å². The molecule has 0 spiro atoms. The van der Waals surface area contributed by atoms with E-state index in [2.05, 4.69) is 47.5 Å². The van der Waals surface area contributed by atoms with E-state index in [9.17, 15) is 0 Å². The van der Waals surface area contributed by atoms with E-state index in [1.165, 1.54) is 38.8 Å². The number of rotatable bonds is 3. The zero-order valence-corrected chi connectivity index (χ0v) is 12.1. The zero-order valence-electron chi connectivity index (χ0n) is 12.1. The second kappa shape index (κ2) is 5.64. The molecule has 2 nitrogen and oxygen atoms in total. The molecule has 1 atom stereocenters. The number of benzene rings is 1. The Bertz CT molecular complexity index is 395. The topological polar surface area (TPSA) is 15.3 Å². The lowest BCUT2D eigenvalue weighted by atomic mass is 9.72. The van der Waals surface area contributed by atoms with Gasteiger partial charge in [0, 0.05) is 18.0 Å². The first-order chi connectivity index (χ1) is 9.30. The fraction of sp³-hybridized carbons (Fsp3) is 0.647. The van der Waals surface area contributed by atoms with Gasteiger partial charge in [0.05, 0.1) is 0 Å². The van der Waals surface area contributed by atoms with Crippen molar-refractivity contribution in [3.05, 3.63) is 35.9 Å². The average Bonchev–Trinajstić information content (AvgIpc) is 2.86. The van der Waals surface area contributed by atoms with Gasteiger partial charge in [-0.1, -0.05) is 30.3 Å². The maximum Gasteiger partial charge on any atom is 0.0104 e. The summed E-state index contributed by atoms with van der Waals surface area (Å²) in [5.74, 6) is 0. The highest BCUT2D eigenvalue weighted by Crippen LogP contribution is 2.36. The Morgan fingerprint density at radius 3 is 2.58 bits per heavy atom. The van der Waals surface area contributed by atoms with Crippen molar-refractivity contribution in [3.8, 4) is 0 Å². The molecule has 2 saturated heterocycles. The van der Waals surface area contributed by atoms with Crippen molar-refractivity contribution in [2.75, 3.05) is 26.2 Å². The molecule has 0 bridgehead atoms. The molecule has 1 aromatic carbocycles. The van der Waals surface area contributed by atoms with Gasteiger partial charge in [-0.25, -0.2) is 0 Å². The summed E-state index contributed by atoms with van der Waals surface area (Å²) >= 11 is 0. The molecular formula is C17H26N2. The van der Waals surface area contributed by atoms with E-state index in [0.29, 0.717) is 5.41 Å². The first-order valence-electron chi connectivity index (χ1n) is 7.80.